The molecule has 1 amide bonds. The number of hydrogen-bond donors (Lipinski definition) is 2. The Morgan fingerprint density at radius 1 is 1.48 bits per heavy atom. The number of carbonyl (C=O) groups is 1. The van der Waals surface area contributed by atoms with E-state index in [1.807, 2.05) is 6.92 Å². The lowest BCUT2D eigenvalue weighted by Gasteiger charge is -2.40. The van der Waals surface area contributed by atoms with Crippen molar-refractivity contribution in [3.8, 4) is 0 Å². The molecule has 1 aromatic heterocycles. The monoisotopic (exact) mass is 376 g/mol. The van der Waals surface area contributed by atoms with Crippen LogP contribution in [0.1, 0.15) is 39.8 Å². The maximum Gasteiger partial charge on any atom is 0.215 e. The second kappa shape index (κ2) is 8.26. The maximum absolute atomic E-state index is 11.4. The van der Waals surface area contributed by atoms with Crippen molar-refractivity contribution in [2.75, 3.05) is 24.5 Å². The number of carbonyl (C=O) groups excluding carboxylic acids is 1. The Bertz CT molecular complexity index is 526. The van der Waals surface area contributed by atoms with Gasteiger partial charge < -0.3 is 5.32 Å². The van der Waals surface area contributed by atoms with Gasteiger partial charge in [0.2, 0.25) is 6.41 Å². The summed E-state index contributed by atoms with van der Waals surface area (Å²) in [6.45, 7) is 13.4. The fourth-order valence-electron chi connectivity index (χ4n) is 2.10. The van der Waals surface area contributed by atoms with Crippen LogP contribution in [-0.4, -0.2) is 36.6 Å². The van der Waals surface area contributed by atoms with Gasteiger partial charge in [0.25, 0.3) is 0 Å². The lowest BCUT2D eigenvalue weighted by atomic mass is 9.81. The number of nitrogens with zero attached hydrogens (tertiary/aromatic N) is 2. The largest absolute Gasteiger partial charge is 0.316 e. The molecule has 5 nitrogen and oxygen atoms in total. The van der Waals surface area contributed by atoms with Gasteiger partial charge >= 0.3 is 0 Å². The van der Waals surface area contributed by atoms with Crippen LogP contribution in [0.5, 0.6) is 0 Å². The SMILES string of the molecule is Cc1nc(N(C=O)CCC2(C)CNC2)sc1SNC(C)(C)C.P. The van der Waals surface area contributed by atoms with E-state index in [4.69, 9.17) is 0 Å². The van der Waals surface area contributed by atoms with Crippen LogP contribution in [0, 0.1) is 12.3 Å². The minimum absolute atomic E-state index is 0. The molecule has 132 valence electrons. The fourth-order valence-corrected chi connectivity index (χ4v) is 4.00. The van der Waals surface area contributed by atoms with Crippen molar-refractivity contribution >= 4 is 44.7 Å². The van der Waals surface area contributed by atoms with Gasteiger partial charge in [0.1, 0.15) is 4.21 Å². The Labute approximate surface area is 151 Å². The highest BCUT2D eigenvalue weighted by Crippen LogP contribution is 2.34. The van der Waals surface area contributed by atoms with Crippen LogP contribution >= 0.6 is 33.2 Å². The van der Waals surface area contributed by atoms with Crippen molar-refractivity contribution in [1.29, 1.82) is 0 Å². The van der Waals surface area contributed by atoms with Crippen molar-refractivity contribution in [3.63, 3.8) is 0 Å². The molecular weight excluding hydrogens is 347 g/mol. The van der Waals surface area contributed by atoms with Crippen LogP contribution in [0.2, 0.25) is 0 Å². The van der Waals surface area contributed by atoms with E-state index in [0.717, 1.165) is 47.5 Å². The van der Waals surface area contributed by atoms with Gasteiger partial charge in [-0.25, -0.2) is 4.98 Å². The number of hydrogen-bond acceptors (Lipinski definition) is 6. The zero-order chi connectivity index (χ0) is 16.4. The number of aromatic nitrogens is 1. The summed E-state index contributed by atoms with van der Waals surface area (Å²) in [5.41, 5.74) is 1.33. The molecule has 0 bridgehead atoms. The normalized spacial score (nSPS) is 16.4. The van der Waals surface area contributed by atoms with Gasteiger partial charge in [-0.2, -0.15) is 9.90 Å². The van der Waals surface area contributed by atoms with Gasteiger partial charge in [-0.3, -0.25) is 14.4 Å². The van der Waals surface area contributed by atoms with E-state index in [2.05, 4.69) is 42.7 Å². The molecule has 1 atom stereocenters. The average Bonchev–Trinajstić information content (AvgIpc) is 2.75. The average molecular weight is 377 g/mol. The zero-order valence-corrected chi connectivity index (χ0v) is 17.8. The molecule has 1 unspecified atom stereocenters. The predicted molar refractivity (Wildman–Crippen MR) is 106 cm³/mol. The highest BCUT2D eigenvalue weighted by molar-refractivity contribution is 7.99. The molecule has 0 aliphatic carbocycles. The summed E-state index contributed by atoms with van der Waals surface area (Å²) < 4.78 is 4.51. The van der Waals surface area contributed by atoms with Crippen molar-refractivity contribution in [3.05, 3.63) is 5.69 Å². The van der Waals surface area contributed by atoms with Gasteiger partial charge in [-0.15, -0.1) is 0 Å². The van der Waals surface area contributed by atoms with E-state index in [1.165, 1.54) is 0 Å². The van der Waals surface area contributed by atoms with Gasteiger partial charge in [0, 0.05) is 25.2 Å². The summed E-state index contributed by atoms with van der Waals surface area (Å²) in [6.07, 6.45) is 1.90. The van der Waals surface area contributed by atoms with E-state index < -0.39 is 0 Å². The molecule has 0 spiro atoms. The standard InChI is InChI=1S/C15H26N4OS2.H3P/c1-11-12(22-18-14(2,3)4)21-13(17-11)19(10-20)7-6-15(5)8-16-9-15;/h10,16,18H,6-9H2,1-5H3;1H3. The summed E-state index contributed by atoms with van der Waals surface area (Å²) in [7, 11) is 0. The molecule has 2 heterocycles. The van der Waals surface area contributed by atoms with E-state index in [1.54, 1.807) is 28.2 Å². The minimum Gasteiger partial charge on any atom is -0.316 e. The highest BCUT2D eigenvalue weighted by Gasteiger charge is 2.32. The lowest BCUT2D eigenvalue weighted by molar-refractivity contribution is -0.107. The van der Waals surface area contributed by atoms with Gasteiger partial charge in [-0.05, 0) is 51.5 Å². The number of thiazole rings is 1. The van der Waals surface area contributed by atoms with Crippen LogP contribution in [0.4, 0.5) is 5.13 Å². The van der Waals surface area contributed by atoms with Crippen LogP contribution in [0.3, 0.4) is 0 Å². The summed E-state index contributed by atoms with van der Waals surface area (Å²) in [5, 5.41) is 4.09. The topological polar surface area (TPSA) is 57.3 Å². The predicted octanol–water partition coefficient (Wildman–Crippen LogP) is 2.87. The Morgan fingerprint density at radius 3 is 2.61 bits per heavy atom. The van der Waals surface area contributed by atoms with Crippen LogP contribution in [0.15, 0.2) is 4.21 Å². The number of aryl methyl sites for hydroxylation is 1. The molecule has 1 aliphatic heterocycles. The molecule has 0 aromatic carbocycles. The highest BCUT2D eigenvalue weighted by atomic mass is 32.2. The number of nitrogens with one attached hydrogen (secondary N) is 2. The third-order valence-corrected chi connectivity index (χ3v) is 6.31. The molecule has 1 aliphatic rings. The van der Waals surface area contributed by atoms with E-state index in [9.17, 15) is 4.79 Å². The first kappa shape index (κ1) is 20.8. The molecule has 2 rings (SSSR count). The Hall–Kier alpha value is -0.200. The number of anilines is 1. The molecule has 0 radical (unpaired) electrons. The molecule has 8 heteroatoms. The second-order valence-corrected chi connectivity index (χ2v) is 9.34. The van der Waals surface area contributed by atoms with Gasteiger partial charge in [0.05, 0.1) is 5.69 Å². The number of amides is 1. The summed E-state index contributed by atoms with van der Waals surface area (Å²) in [6, 6.07) is 0. The fraction of sp³-hybridized carbons (Fsp3) is 0.733. The van der Waals surface area contributed by atoms with Gasteiger partial charge in [0.15, 0.2) is 5.13 Å². The number of rotatable bonds is 7. The summed E-state index contributed by atoms with van der Waals surface area (Å²) in [4.78, 5) is 17.7. The maximum atomic E-state index is 11.4. The molecule has 1 aromatic rings. The van der Waals surface area contributed by atoms with Gasteiger partial charge in [-0.1, -0.05) is 18.3 Å². The second-order valence-electron chi connectivity index (χ2n) is 7.29. The summed E-state index contributed by atoms with van der Waals surface area (Å²) in [5.74, 6) is 0. The molecule has 1 saturated heterocycles. The van der Waals surface area contributed by atoms with Crippen molar-refractivity contribution < 1.29 is 4.79 Å². The van der Waals surface area contributed by atoms with E-state index in [-0.39, 0.29) is 15.4 Å². The molecule has 0 saturated carbocycles. The third-order valence-electron chi connectivity index (χ3n) is 3.63. The van der Waals surface area contributed by atoms with E-state index >= 15 is 0 Å². The first-order valence-electron chi connectivity index (χ1n) is 7.57. The lowest BCUT2D eigenvalue weighted by Crippen LogP contribution is -2.52. The quantitative estimate of drug-likeness (QED) is 0.435. The first-order chi connectivity index (χ1) is 10.2. The molecule has 1 fully saturated rings. The Kier molecular flexibility index (Phi) is 7.48. The first-order valence-corrected chi connectivity index (χ1v) is 9.20. The Balaban J connectivity index is 0.00000264. The van der Waals surface area contributed by atoms with Crippen molar-refractivity contribution in [1.82, 2.24) is 15.0 Å². The van der Waals surface area contributed by atoms with Crippen molar-refractivity contribution in [2.45, 2.75) is 50.8 Å². The Morgan fingerprint density at radius 2 is 2.13 bits per heavy atom. The smallest absolute Gasteiger partial charge is 0.215 e. The molecule has 2 N–H and O–H groups in total. The van der Waals surface area contributed by atoms with Crippen LogP contribution in [-0.2, 0) is 4.79 Å². The van der Waals surface area contributed by atoms with Crippen LogP contribution < -0.4 is 14.9 Å². The third kappa shape index (κ3) is 5.98. The molecular formula is C15H29N4OPS2. The summed E-state index contributed by atoms with van der Waals surface area (Å²) >= 11 is 3.17. The van der Waals surface area contributed by atoms with Crippen molar-refractivity contribution in [2.24, 2.45) is 5.41 Å². The minimum atomic E-state index is 0. The van der Waals surface area contributed by atoms with Crippen LogP contribution in [0.25, 0.3) is 0 Å². The molecule has 23 heavy (non-hydrogen) atoms. The van der Waals surface area contributed by atoms with E-state index in [0.29, 0.717) is 5.41 Å². The zero-order valence-electron chi connectivity index (χ0n) is 14.7.